The second-order valence-electron chi connectivity index (χ2n) is 6.10. The molecule has 0 radical (unpaired) electrons. The van der Waals surface area contributed by atoms with Crippen molar-refractivity contribution in [2.75, 3.05) is 0 Å². The fourth-order valence-corrected chi connectivity index (χ4v) is 3.64. The zero-order valence-electron chi connectivity index (χ0n) is 14.7. The van der Waals surface area contributed by atoms with Crippen molar-refractivity contribution in [3.8, 4) is 0 Å². The molecule has 0 spiro atoms. The minimum Gasteiger partial charge on any atom is -0.206 e. The zero-order chi connectivity index (χ0) is 19.4. The van der Waals surface area contributed by atoms with Crippen LogP contribution in [-0.4, -0.2) is 21.1 Å². The van der Waals surface area contributed by atoms with Gasteiger partial charge in [-0.2, -0.15) is 9.78 Å². The first-order valence-corrected chi connectivity index (χ1v) is 10.4. The highest BCUT2D eigenvalue weighted by molar-refractivity contribution is 9.10. The lowest BCUT2D eigenvalue weighted by Crippen LogP contribution is -2.03. The number of aromatic nitrogens is 3. The third-order valence-electron chi connectivity index (χ3n) is 3.74. The Bertz CT molecular complexity index is 937. The van der Waals surface area contributed by atoms with Crippen molar-refractivity contribution in [3.63, 3.8) is 0 Å². The summed E-state index contributed by atoms with van der Waals surface area (Å²) in [6.45, 7) is 4.02. The quantitative estimate of drug-likeness (QED) is 0.323. The monoisotopic (exact) mass is 466 g/mol. The molecule has 8 heteroatoms. The van der Waals surface area contributed by atoms with Crippen LogP contribution in [0.1, 0.15) is 36.7 Å². The number of halogens is 3. The van der Waals surface area contributed by atoms with Gasteiger partial charge in [0.25, 0.3) is 0 Å². The van der Waals surface area contributed by atoms with E-state index in [0.717, 1.165) is 15.8 Å². The normalized spacial score (nSPS) is 11.6. The fourth-order valence-electron chi connectivity index (χ4n) is 2.31. The molecule has 1 aromatic heterocycles. The van der Waals surface area contributed by atoms with E-state index >= 15 is 0 Å². The van der Waals surface area contributed by atoms with Gasteiger partial charge in [-0.05, 0) is 29.8 Å². The third kappa shape index (κ3) is 4.97. The number of nitrogens with zero attached hydrogens (tertiary/aromatic N) is 4. The third-order valence-corrected chi connectivity index (χ3v) is 5.58. The molecule has 0 aliphatic carbocycles. The number of hydrogen-bond donors (Lipinski definition) is 0. The average molecular weight is 468 g/mol. The minimum atomic E-state index is -0.422. The number of rotatable bonds is 6. The number of thioether (sulfide) groups is 1. The molecule has 0 aliphatic rings. The molecule has 4 nitrogen and oxygen atoms in total. The van der Waals surface area contributed by atoms with E-state index in [-0.39, 0.29) is 11.5 Å². The summed E-state index contributed by atoms with van der Waals surface area (Å²) in [4.78, 5) is 0. The molecule has 0 unspecified atom stereocenters. The van der Waals surface area contributed by atoms with E-state index in [1.807, 2.05) is 38.1 Å². The smallest absolute Gasteiger partial charge is 0.206 e. The number of hydrogen-bond acceptors (Lipinski definition) is 4. The van der Waals surface area contributed by atoms with Gasteiger partial charge in [0, 0.05) is 21.7 Å². The predicted octanol–water partition coefficient (Wildman–Crippen LogP) is 6.13. The van der Waals surface area contributed by atoms with Gasteiger partial charge in [0.05, 0.1) is 11.2 Å². The van der Waals surface area contributed by atoms with Crippen molar-refractivity contribution < 1.29 is 4.39 Å². The van der Waals surface area contributed by atoms with Crippen LogP contribution in [0.15, 0.2) is 57.2 Å². The summed E-state index contributed by atoms with van der Waals surface area (Å²) in [5.41, 5.74) is 1.40. The summed E-state index contributed by atoms with van der Waals surface area (Å²) >= 11 is 11.0. The van der Waals surface area contributed by atoms with E-state index in [4.69, 9.17) is 11.6 Å². The van der Waals surface area contributed by atoms with Crippen LogP contribution in [0.25, 0.3) is 0 Å². The molecule has 0 saturated heterocycles. The Kier molecular flexibility index (Phi) is 6.68. The van der Waals surface area contributed by atoms with Crippen molar-refractivity contribution in [2.24, 2.45) is 5.10 Å². The highest BCUT2D eigenvalue weighted by Gasteiger charge is 2.15. The SMILES string of the molecule is CC(C)c1nnc(SCc2ccc(Br)cc2)n1N=Cc1c(F)cccc1Cl. The standard InChI is InChI=1S/C19H17BrClFN4S/c1-12(2)18-24-25-19(27-11-13-6-8-14(20)9-7-13)26(18)23-10-15-16(21)4-3-5-17(15)22/h3-10,12H,11H2,1-2H3. The van der Waals surface area contributed by atoms with Crippen molar-refractivity contribution in [1.82, 2.24) is 14.9 Å². The summed E-state index contributed by atoms with van der Waals surface area (Å²) < 4.78 is 16.7. The Morgan fingerprint density at radius 3 is 2.63 bits per heavy atom. The highest BCUT2D eigenvalue weighted by atomic mass is 79.9. The molecular weight excluding hydrogens is 451 g/mol. The van der Waals surface area contributed by atoms with E-state index in [1.54, 1.807) is 16.8 Å². The first-order chi connectivity index (χ1) is 13.0. The Morgan fingerprint density at radius 1 is 1.22 bits per heavy atom. The first-order valence-electron chi connectivity index (χ1n) is 8.26. The van der Waals surface area contributed by atoms with E-state index in [9.17, 15) is 4.39 Å². The van der Waals surface area contributed by atoms with Gasteiger partial charge in [0.2, 0.25) is 5.16 Å². The van der Waals surface area contributed by atoms with Crippen molar-refractivity contribution in [1.29, 1.82) is 0 Å². The van der Waals surface area contributed by atoms with E-state index < -0.39 is 5.82 Å². The van der Waals surface area contributed by atoms with Gasteiger partial charge in [-0.25, -0.2) is 4.39 Å². The first kappa shape index (κ1) is 20.0. The largest absolute Gasteiger partial charge is 0.212 e. The van der Waals surface area contributed by atoms with Gasteiger partial charge in [-0.3, -0.25) is 0 Å². The minimum absolute atomic E-state index is 0.118. The predicted molar refractivity (Wildman–Crippen MR) is 112 cm³/mol. The number of benzene rings is 2. The van der Waals surface area contributed by atoms with Gasteiger partial charge in [-0.15, -0.1) is 10.2 Å². The Morgan fingerprint density at radius 2 is 1.96 bits per heavy atom. The van der Waals surface area contributed by atoms with Gasteiger partial charge < -0.3 is 0 Å². The molecule has 0 aliphatic heterocycles. The lowest BCUT2D eigenvalue weighted by atomic mass is 10.2. The Balaban J connectivity index is 1.87. The van der Waals surface area contributed by atoms with Crippen LogP contribution in [0.4, 0.5) is 4.39 Å². The van der Waals surface area contributed by atoms with E-state index in [0.29, 0.717) is 16.0 Å². The molecule has 0 bridgehead atoms. The van der Waals surface area contributed by atoms with Gasteiger partial charge in [0.15, 0.2) is 5.82 Å². The van der Waals surface area contributed by atoms with Crippen molar-refractivity contribution >= 4 is 45.5 Å². The molecule has 3 aromatic rings. The summed E-state index contributed by atoms with van der Waals surface area (Å²) in [5.74, 6) is 1.12. The zero-order valence-corrected chi connectivity index (χ0v) is 17.9. The lowest BCUT2D eigenvalue weighted by molar-refractivity contribution is 0.624. The summed E-state index contributed by atoms with van der Waals surface area (Å²) in [7, 11) is 0. The lowest BCUT2D eigenvalue weighted by Gasteiger charge is -2.07. The van der Waals surface area contributed by atoms with Gasteiger partial charge in [-0.1, -0.05) is 71.3 Å². The van der Waals surface area contributed by atoms with Gasteiger partial charge >= 0.3 is 0 Å². The molecule has 3 rings (SSSR count). The van der Waals surface area contributed by atoms with Crippen molar-refractivity contribution in [3.05, 3.63) is 74.7 Å². The Hall–Kier alpha value is -1.70. The molecule has 0 atom stereocenters. The molecule has 0 fully saturated rings. The Labute approximate surface area is 175 Å². The molecule has 140 valence electrons. The van der Waals surface area contributed by atoms with Crippen LogP contribution in [0.3, 0.4) is 0 Å². The molecule has 1 heterocycles. The summed E-state index contributed by atoms with van der Waals surface area (Å²) in [6.07, 6.45) is 1.41. The average Bonchev–Trinajstić information content (AvgIpc) is 3.04. The summed E-state index contributed by atoms with van der Waals surface area (Å²) in [5, 5.41) is 13.9. The molecule has 27 heavy (non-hydrogen) atoms. The maximum atomic E-state index is 14.0. The fraction of sp³-hybridized carbons (Fsp3) is 0.211. The summed E-state index contributed by atoms with van der Waals surface area (Å²) in [6, 6.07) is 12.6. The van der Waals surface area contributed by atoms with Crippen LogP contribution in [0, 0.1) is 5.82 Å². The second kappa shape index (κ2) is 8.99. The van der Waals surface area contributed by atoms with Crippen LogP contribution in [0.2, 0.25) is 5.02 Å². The van der Waals surface area contributed by atoms with Gasteiger partial charge in [0.1, 0.15) is 5.82 Å². The van der Waals surface area contributed by atoms with E-state index in [2.05, 4.69) is 31.2 Å². The molecule has 2 aromatic carbocycles. The van der Waals surface area contributed by atoms with Crippen molar-refractivity contribution in [2.45, 2.75) is 30.7 Å². The van der Waals surface area contributed by atoms with Crippen LogP contribution >= 0.6 is 39.3 Å². The molecule has 0 N–H and O–H groups in total. The van der Waals surface area contributed by atoms with Crippen LogP contribution in [0.5, 0.6) is 0 Å². The maximum Gasteiger partial charge on any atom is 0.212 e. The van der Waals surface area contributed by atoms with Crippen LogP contribution < -0.4 is 0 Å². The maximum absolute atomic E-state index is 14.0. The van der Waals surface area contributed by atoms with E-state index in [1.165, 1.54) is 24.0 Å². The highest BCUT2D eigenvalue weighted by Crippen LogP contribution is 2.25. The topological polar surface area (TPSA) is 43.1 Å². The second-order valence-corrected chi connectivity index (χ2v) is 8.37. The molecular formula is C19H17BrClFN4S. The molecule has 0 saturated carbocycles. The van der Waals surface area contributed by atoms with Crippen LogP contribution in [-0.2, 0) is 5.75 Å². The molecule has 0 amide bonds.